The molecule has 0 unspecified atom stereocenters. The lowest BCUT2D eigenvalue weighted by molar-refractivity contribution is 0.102. The molecule has 4 rings (SSSR count). The van der Waals surface area contributed by atoms with Crippen LogP contribution in [0.4, 0.5) is 11.5 Å². The monoisotopic (exact) mass is 371 g/mol. The van der Waals surface area contributed by atoms with Crippen LogP contribution in [0.5, 0.6) is 0 Å². The zero-order valence-electron chi connectivity index (χ0n) is 15.6. The molecular weight excluding hydrogens is 350 g/mol. The number of anilines is 2. The van der Waals surface area contributed by atoms with Crippen molar-refractivity contribution in [3.8, 4) is 0 Å². The Bertz CT molecular complexity index is 1100. The third-order valence-corrected chi connectivity index (χ3v) is 4.58. The van der Waals surface area contributed by atoms with E-state index in [0.29, 0.717) is 18.1 Å². The smallest absolute Gasteiger partial charge is 0.274 e. The van der Waals surface area contributed by atoms with Gasteiger partial charge < -0.3 is 15.6 Å². The van der Waals surface area contributed by atoms with Gasteiger partial charge in [0.05, 0.1) is 0 Å². The summed E-state index contributed by atoms with van der Waals surface area (Å²) in [6.45, 7) is 2.71. The summed E-state index contributed by atoms with van der Waals surface area (Å²) in [5, 5.41) is 7.35. The number of aryl methyl sites for hydroxylation is 1. The highest BCUT2D eigenvalue weighted by atomic mass is 16.1. The first kappa shape index (κ1) is 17.7. The molecule has 3 N–H and O–H groups in total. The molecule has 2 aromatic heterocycles. The first-order valence-corrected chi connectivity index (χ1v) is 9.18. The molecule has 6 nitrogen and oxygen atoms in total. The molecule has 0 radical (unpaired) electrons. The summed E-state index contributed by atoms with van der Waals surface area (Å²) in [5.41, 5.74) is 4.58. The van der Waals surface area contributed by atoms with Crippen LogP contribution in [0.3, 0.4) is 0 Å². The van der Waals surface area contributed by atoms with Crippen LogP contribution in [-0.4, -0.2) is 27.4 Å². The van der Waals surface area contributed by atoms with E-state index < -0.39 is 0 Å². The van der Waals surface area contributed by atoms with E-state index in [0.717, 1.165) is 23.2 Å². The number of aromatic nitrogens is 3. The highest BCUT2D eigenvalue weighted by Gasteiger charge is 2.09. The van der Waals surface area contributed by atoms with Crippen LogP contribution in [0.25, 0.3) is 10.9 Å². The maximum atomic E-state index is 12.4. The zero-order valence-corrected chi connectivity index (χ0v) is 15.6. The Morgan fingerprint density at radius 3 is 2.75 bits per heavy atom. The topological polar surface area (TPSA) is 82.7 Å². The molecule has 1 amide bonds. The second-order valence-electron chi connectivity index (χ2n) is 6.64. The van der Waals surface area contributed by atoms with Crippen molar-refractivity contribution in [2.75, 3.05) is 17.2 Å². The van der Waals surface area contributed by atoms with Crippen molar-refractivity contribution in [1.82, 2.24) is 15.0 Å². The van der Waals surface area contributed by atoms with Gasteiger partial charge in [-0.15, -0.1) is 0 Å². The number of hydrogen-bond acceptors (Lipinski definition) is 4. The Kier molecular flexibility index (Phi) is 5.01. The van der Waals surface area contributed by atoms with Crippen LogP contribution in [0.15, 0.2) is 67.1 Å². The molecule has 0 saturated carbocycles. The standard InChI is InChI=1S/C22H21N5O/c1-15-6-8-17(9-7-15)27-22(28)20-12-21(26-14-25-20)23-11-10-16-13-24-19-5-3-2-4-18(16)19/h2-9,12-14,24H,10-11H2,1H3,(H,27,28)(H,23,25,26). The van der Waals surface area contributed by atoms with E-state index in [9.17, 15) is 4.79 Å². The number of nitrogens with zero attached hydrogens (tertiary/aromatic N) is 2. The van der Waals surface area contributed by atoms with Crippen LogP contribution in [0.1, 0.15) is 21.6 Å². The third-order valence-electron chi connectivity index (χ3n) is 4.58. The van der Waals surface area contributed by atoms with Crippen molar-refractivity contribution in [1.29, 1.82) is 0 Å². The number of aromatic amines is 1. The highest BCUT2D eigenvalue weighted by Crippen LogP contribution is 2.18. The van der Waals surface area contributed by atoms with Gasteiger partial charge in [-0.1, -0.05) is 35.9 Å². The Hall–Kier alpha value is -3.67. The molecule has 0 fully saturated rings. The van der Waals surface area contributed by atoms with Crippen LogP contribution in [0.2, 0.25) is 0 Å². The number of H-pyrrole nitrogens is 1. The number of nitrogens with one attached hydrogen (secondary N) is 3. The molecule has 2 aromatic carbocycles. The Morgan fingerprint density at radius 2 is 1.89 bits per heavy atom. The minimum atomic E-state index is -0.258. The van der Waals surface area contributed by atoms with E-state index in [1.165, 1.54) is 17.3 Å². The van der Waals surface area contributed by atoms with Gasteiger partial charge >= 0.3 is 0 Å². The number of para-hydroxylation sites is 1. The first-order chi connectivity index (χ1) is 13.7. The van der Waals surface area contributed by atoms with Gasteiger partial charge in [0.15, 0.2) is 0 Å². The molecule has 0 spiro atoms. The van der Waals surface area contributed by atoms with Gasteiger partial charge in [-0.3, -0.25) is 4.79 Å². The molecule has 4 aromatic rings. The van der Waals surface area contributed by atoms with E-state index in [4.69, 9.17) is 0 Å². The van der Waals surface area contributed by atoms with E-state index in [1.54, 1.807) is 6.07 Å². The predicted molar refractivity (Wildman–Crippen MR) is 112 cm³/mol. The van der Waals surface area contributed by atoms with Crippen LogP contribution >= 0.6 is 0 Å². The molecule has 0 bridgehead atoms. The number of benzene rings is 2. The van der Waals surface area contributed by atoms with Gasteiger partial charge in [0.25, 0.3) is 5.91 Å². The minimum Gasteiger partial charge on any atom is -0.370 e. The Balaban J connectivity index is 1.38. The number of hydrogen-bond donors (Lipinski definition) is 3. The third kappa shape index (κ3) is 4.01. The van der Waals surface area contributed by atoms with Crippen molar-refractivity contribution in [3.63, 3.8) is 0 Å². The quantitative estimate of drug-likeness (QED) is 0.475. The molecule has 0 aliphatic carbocycles. The van der Waals surface area contributed by atoms with E-state index in [1.807, 2.05) is 49.5 Å². The van der Waals surface area contributed by atoms with Gasteiger partial charge in [-0.05, 0) is 37.1 Å². The lowest BCUT2D eigenvalue weighted by atomic mass is 10.1. The number of amides is 1. The average molecular weight is 371 g/mol. The molecule has 2 heterocycles. The van der Waals surface area contributed by atoms with Crippen molar-refractivity contribution >= 4 is 28.3 Å². The van der Waals surface area contributed by atoms with Crippen molar-refractivity contribution in [2.45, 2.75) is 13.3 Å². The average Bonchev–Trinajstić information content (AvgIpc) is 3.13. The van der Waals surface area contributed by atoms with Crippen LogP contribution < -0.4 is 10.6 Å². The summed E-state index contributed by atoms with van der Waals surface area (Å²) in [7, 11) is 0. The second-order valence-corrected chi connectivity index (χ2v) is 6.64. The maximum Gasteiger partial charge on any atom is 0.274 e. The normalized spacial score (nSPS) is 10.8. The fourth-order valence-corrected chi connectivity index (χ4v) is 3.07. The molecule has 140 valence electrons. The lowest BCUT2D eigenvalue weighted by Crippen LogP contribution is -2.15. The second kappa shape index (κ2) is 7.92. The van der Waals surface area contributed by atoms with E-state index in [2.05, 4.69) is 37.7 Å². The van der Waals surface area contributed by atoms with Crippen LogP contribution in [-0.2, 0) is 6.42 Å². The minimum absolute atomic E-state index is 0.258. The number of rotatable bonds is 6. The van der Waals surface area contributed by atoms with E-state index >= 15 is 0 Å². The molecular formula is C22H21N5O. The van der Waals surface area contributed by atoms with Gasteiger partial charge in [0.1, 0.15) is 17.8 Å². The van der Waals surface area contributed by atoms with Crippen molar-refractivity contribution in [3.05, 3.63) is 83.9 Å². The Morgan fingerprint density at radius 1 is 1.07 bits per heavy atom. The molecule has 28 heavy (non-hydrogen) atoms. The van der Waals surface area contributed by atoms with Gasteiger partial charge in [-0.25, -0.2) is 9.97 Å². The molecule has 0 saturated heterocycles. The van der Waals surface area contributed by atoms with Gasteiger partial charge in [0.2, 0.25) is 0 Å². The maximum absolute atomic E-state index is 12.4. The summed E-state index contributed by atoms with van der Waals surface area (Å²) >= 11 is 0. The summed E-state index contributed by atoms with van der Waals surface area (Å²) < 4.78 is 0. The van der Waals surface area contributed by atoms with Gasteiger partial charge in [-0.2, -0.15) is 0 Å². The summed E-state index contributed by atoms with van der Waals surface area (Å²) in [6, 6.07) is 17.5. The fourth-order valence-electron chi connectivity index (χ4n) is 3.07. The summed E-state index contributed by atoms with van der Waals surface area (Å²) in [4.78, 5) is 24.0. The number of carbonyl (C=O) groups excluding carboxylic acids is 1. The molecule has 0 aliphatic heterocycles. The zero-order chi connectivity index (χ0) is 19.3. The van der Waals surface area contributed by atoms with Crippen LogP contribution in [0, 0.1) is 6.92 Å². The lowest BCUT2D eigenvalue weighted by Gasteiger charge is -2.08. The number of carbonyl (C=O) groups is 1. The van der Waals surface area contributed by atoms with Gasteiger partial charge in [0, 0.05) is 35.4 Å². The predicted octanol–water partition coefficient (Wildman–Crippen LogP) is 4.17. The van der Waals surface area contributed by atoms with Crippen molar-refractivity contribution in [2.24, 2.45) is 0 Å². The molecule has 0 aliphatic rings. The fraction of sp³-hybridized carbons (Fsp3) is 0.136. The largest absolute Gasteiger partial charge is 0.370 e. The molecule has 6 heteroatoms. The highest BCUT2D eigenvalue weighted by molar-refractivity contribution is 6.03. The molecule has 0 atom stereocenters. The van der Waals surface area contributed by atoms with Crippen molar-refractivity contribution < 1.29 is 4.79 Å². The SMILES string of the molecule is Cc1ccc(NC(=O)c2cc(NCCc3c[nH]c4ccccc34)ncn2)cc1. The summed E-state index contributed by atoms with van der Waals surface area (Å²) in [5.74, 6) is 0.370. The summed E-state index contributed by atoms with van der Waals surface area (Å²) in [6.07, 6.45) is 4.28. The number of fused-ring (bicyclic) bond motifs is 1. The first-order valence-electron chi connectivity index (χ1n) is 9.18. The van der Waals surface area contributed by atoms with E-state index in [-0.39, 0.29) is 5.91 Å². The Labute approximate surface area is 163 Å².